The number of rotatable bonds is 5. The lowest BCUT2D eigenvalue weighted by Crippen LogP contribution is -2.36. The van der Waals surface area contributed by atoms with E-state index in [9.17, 15) is 9.59 Å². The quantitative estimate of drug-likeness (QED) is 0.643. The number of thiazole rings is 1. The first-order chi connectivity index (χ1) is 14.4. The van der Waals surface area contributed by atoms with Crippen molar-refractivity contribution >= 4 is 34.8 Å². The van der Waals surface area contributed by atoms with Crippen LogP contribution in [0.4, 0.5) is 0 Å². The van der Waals surface area contributed by atoms with Crippen molar-refractivity contribution in [3.8, 4) is 11.3 Å². The fourth-order valence-corrected chi connectivity index (χ4v) is 4.81. The minimum atomic E-state index is -0.483. The molecule has 3 aromatic rings. The standard InChI is InChI=1S/C22H21ClN4O2S/c1-13(22-26-18(12-30-22)14-6-8-24-9-7-14)25-21(29)17-11-19(28)27(2)20(17)15-4-3-5-16(23)10-15/h3-10,12-13,17,20H,11H2,1-2H3,(H,25,29). The number of pyridine rings is 1. The normalized spacial score (nSPS) is 19.7. The van der Waals surface area contributed by atoms with Crippen molar-refractivity contribution < 1.29 is 9.59 Å². The van der Waals surface area contributed by atoms with E-state index >= 15 is 0 Å². The summed E-state index contributed by atoms with van der Waals surface area (Å²) in [6.07, 6.45) is 3.62. The number of nitrogens with one attached hydrogen (secondary N) is 1. The zero-order valence-electron chi connectivity index (χ0n) is 16.6. The van der Waals surface area contributed by atoms with Crippen molar-refractivity contribution in [1.82, 2.24) is 20.2 Å². The molecule has 4 rings (SSSR count). The highest BCUT2D eigenvalue weighted by molar-refractivity contribution is 7.10. The van der Waals surface area contributed by atoms with E-state index in [2.05, 4.69) is 15.3 Å². The van der Waals surface area contributed by atoms with E-state index in [1.165, 1.54) is 11.3 Å². The molecule has 1 aliphatic rings. The maximum absolute atomic E-state index is 13.1. The number of likely N-dealkylation sites (tertiary alicyclic amines) is 1. The van der Waals surface area contributed by atoms with Crippen molar-refractivity contribution in [2.45, 2.75) is 25.4 Å². The number of hydrogen-bond donors (Lipinski definition) is 1. The van der Waals surface area contributed by atoms with E-state index in [-0.39, 0.29) is 30.3 Å². The third-order valence-corrected chi connectivity index (χ3v) is 6.60. The largest absolute Gasteiger partial charge is 0.347 e. The van der Waals surface area contributed by atoms with Crippen LogP contribution in [0.5, 0.6) is 0 Å². The van der Waals surface area contributed by atoms with Crippen LogP contribution in [0.2, 0.25) is 5.02 Å². The Labute approximate surface area is 183 Å². The van der Waals surface area contributed by atoms with Crippen LogP contribution in [0.3, 0.4) is 0 Å². The van der Waals surface area contributed by atoms with Gasteiger partial charge in [0.2, 0.25) is 11.8 Å². The van der Waals surface area contributed by atoms with Crippen LogP contribution in [0.25, 0.3) is 11.3 Å². The molecule has 1 saturated heterocycles. The summed E-state index contributed by atoms with van der Waals surface area (Å²) >= 11 is 7.63. The predicted molar refractivity (Wildman–Crippen MR) is 117 cm³/mol. The minimum Gasteiger partial charge on any atom is -0.347 e. The Morgan fingerprint density at radius 1 is 1.30 bits per heavy atom. The lowest BCUT2D eigenvalue weighted by atomic mass is 9.92. The number of benzene rings is 1. The monoisotopic (exact) mass is 440 g/mol. The van der Waals surface area contributed by atoms with Crippen molar-refractivity contribution in [3.05, 3.63) is 69.8 Å². The molecule has 8 heteroatoms. The smallest absolute Gasteiger partial charge is 0.226 e. The molecule has 154 valence electrons. The van der Waals surface area contributed by atoms with Gasteiger partial charge in [-0.15, -0.1) is 11.3 Å². The van der Waals surface area contributed by atoms with Crippen molar-refractivity contribution in [1.29, 1.82) is 0 Å². The van der Waals surface area contributed by atoms with Gasteiger partial charge in [-0.25, -0.2) is 4.98 Å². The molecule has 1 fully saturated rings. The Morgan fingerprint density at radius 3 is 2.80 bits per heavy atom. The summed E-state index contributed by atoms with van der Waals surface area (Å²) in [5.41, 5.74) is 2.69. The van der Waals surface area contributed by atoms with Gasteiger partial charge >= 0.3 is 0 Å². The molecule has 30 heavy (non-hydrogen) atoms. The number of nitrogens with zero attached hydrogens (tertiary/aromatic N) is 3. The highest BCUT2D eigenvalue weighted by Gasteiger charge is 2.43. The van der Waals surface area contributed by atoms with Gasteiger partial charge in [-0.05, 0) is 36.8 Å². The summed E-state index contributed by atoms with van der Waals surface area (Å²) in [5.74, 6) is -0.698. The maximum Gasteiger partial charge on any atom is 0.226 e. The number of halogens is 1. The van der Waals surface area contributed by atoms with Gasteiger partial charge in [-0.1, -0.05) is 23.7 Å². The SMILES string of the molecule is CC(NC(=O)C1CC(=O)N(C)C1c1cccc(Cl)c1)c1nc(-c2ccncc2)cs1. The lowest BCUT2D eigenvalue weighted by molar-refractivity contribution is -0.128. The maximum atomic E-state index is 13.1. The van der Waals surface area contributed by atoms with E-state index < -0.39 is 5.92 Å². The zero-order chi connectivity index (χ0) is 21.3. The van der Waals surface area contributed by atoms with E-state index in [0.29, 0.717) is 5.02 Å². The summed E-state index contributed by atoms with van der Waals surface area (Å²) in [4.78, 5) is 35.8. The highest BCUT2D eigenvalue weighted by Crippen LogP contribution is 2.38. The van der Waals surface area contributed by atoms with Crippen LogP contribution in [0.1, 0.15) is 36.0 Å². The number of carbonyl (C=O) groups excluding carboxylic acids is 2. The molecule has 0 spiro atoms. The van der Waals surface area contributed by atoms with Crippen LogP contribution in [-0.2, 0) is 9.59 Å². The Hall–Kier alpha value is -2.77. The highest BCUT2D eigenvalue weighted by atomic mass is 35.5. The lowest BCUT2D eigenvalue weighted by Gasteiger charge is -2.26. The van der Waals surface area contributed by atoms with Crippen LogP contribution < -0.4 is 5.32 Å². The molecule has 2 amide bonds. The van der Waals surface area contributed by atoms with Crippen molar-refractivity contribution in [2.75, 3.05) is 7.05 Å². The fraction of sp³-hybridized carbons (Fsp3) is 0.273. The van der Waals surface area contributed by atoms with Gasteiger partial charge in [-0.3, -0.25) is 14.6 Å². The molecule has 1 N–H and O–H groups in total. The van der Waals surface area contributed by atoms with Crippen LogP contribution in [-0.4, -0.2) is 33.7 Å². The topological polar surface area (TPSA) is 75.2 Å². The molecule has 0 saturated carbocycles. The molecule has 1 aliphatic heterocycles. The molecule has 0 radical (unpaired) electrons. The third kappa shape index (κ3) is 4.08. The average molecular weight is 441 g/mol. The number of carbonyl (C=O) groups is 2. The van der Waals surface area contributed by atoms with Gasteiger partial charge in [0.05, 0.1) is 23.7 Å². The van der Waals surface area contributed by atoms with Crippen molar-refractivity contribution in [2.24, 2.45) is 5.92 Å². The van der Waals surface area contributed by atoms with E-state index in [1.54, 1.807) is 30.4 Å². The molecule has 0 aliphatic carbocycles. The third-order valence-electron chi connectivity index (χ3n) is 5.34. The molecule has 0 bridgehead atoms. The molecule has 2 aromatic heterocycles. The van der Waals surface area contributed by atoms with Crippen LogP contribution in [0, 0.1) is 5.92 Å². The number of hydrogen-bond acceptors (Lipinski definition) is 5. The Kier molecular flexibility index (Phi) is 5.83. The first-order valence-corrected chi connectivity index (χ1v) is 10.9. The number of aromatic nitrogens is 2. The Morgan fingerprint density at radius 2 is 2.07 bits per heavy atom. The Bertz CT molecular complexity index is 1070. The molecular weight excluding hydrogens is 420 g/mol. The van der Waals surface area contributed by atoms with E-state index in [1.807, 2.05) is 42.6 Å². The molecule has 3 heterocycles. The van der Waals surface area contributed by atoms with E-state index in [4.69, 9.17) is 11.6 Å². The van der Waals surface area contributed by atoms with Crippen molar-refractivity contribution in [3.63, 3.8) is 0 Å². The zero-order valence-corrected chi connectivity index (χ0v) is 18.2. The summed E-state index contributed by atoms with van der Waals surface area (Å²) in [7, 11) is 1.73. The second-order valence-electron chi connectivity index (χ2n) is 7.35. The summed E-state index contributed by atoms with van der Waals surface area (Å²) in [5, 5.41) is 6.41. The second-order valence-corrected chi connectivity index (χ2v) is 8.68. The van der Waals surface area contributed by atoms with Gasteiger partial charge in [0.25, 0.3) is 0 Å². The summed E-state index contributed by atoms with van der Waals surface area (Å²) in [6, 6.07) is 10.5. The first-order valence-electron chi connectivity index (χ1n) is 9.61. The molecule has 1 aromatic carbocycles. The first kappa shape index (κ1) is 20.5. The average Bonchev–Trinajstić information content (AvgIpc) is 3.34. The van der Waals surface area contributed by atoms with Gasteiger partial charge in [0.15, 0.2) is 0 Å². The van der Waals surface area contributed by atoms with Gasteiger partial charge in [0.1, 0.15) is 5.01 Å². The molecule has 3 atom stereocenters. The summed E-state index contributed by atoms with van der Waals surface area (Å²) in [6.45, 7) is 1.90. The molecule has 6 nitrogen and oxygen atoms in total. The molecule has 3 unspecified atom stereocenters. The summed E-state index contributed by atoms with van der Waals surface area (Å²) < 4.78 is 0. The Balaban J connectivity index is 1.51. The van der Waals surface area contributed by atoms with Crippen LogP contribution >= 0.6 is 22.9 Å². The second kappa shape index (κ2) is 8.53. The molecular formula is C22H21ClN4O2S. The van der Waals surface area contributed by atoms with Gasteiger partial charge in [-0.2, -0.15) is 0 Å². The predicted octanol–water partition coefficient (Wildman–Crippen LogP) is 4.26. The number of amides is 2. The minimum absolute atomic E-state index is 0.0537. The van der Waals surface area contributed by atoms with E-state index in [0.717, 1.165) is 21.8 Å². The van der Waals surface area contributed by atoms with Gasteiger partial charge in [0, 0.05) is 41.8 Å². The fourth-order valence-electron chi connectivity index (χ4n) is 3.78. The van der Waals surface area contributed by atoms with Crippen LogP contribution in [0.15, 0.2) is 54.2 Å². The van der Waals surface area contributed by atoms with Gasteiger partial charge < -0.3 is 10.2 Å².